The first-order valence-corrected chi connectivity index (χ1v) is 12.1. The fourth-order valence-electron chi connectivity index (χ4n) is 3.30. The molecule has 0 radical (unpaired) electrons. The molecule has 0 spiro atoms. The van der Waals surface area contributed by atoms with Crippen LogP contribution >= 0.6 is 34.9 Å². The van der Waals surface area contributed by atoms with Gasteiger partial charge < -0.3 is 0 Å². The van der Waals surface area contributed by atoms with E-state index < -0.39 is 0 Å². The van der Waals surface area contributed by atoms with Gasteiger partial charge in [0.05, 0.1) is 0 Å². The van der Waals surface area contributed by atoms with Crippen molar-refractivity contribution in [2.45, 2.75) is 26.5 Å². The van der Waals surface area contributed by atoms with Gasteiger partial charge in [0, 0.05) is 39.8 Å². The van der Waals surface area contributed by atoms with E-state index in [1.165, 1.54) is 20.2 Å². The lowest BCUT2D eigenvalue weighted by molar-refractivity contribution is 1.32. The predicted molar refractivity (Wildman–Crippen MR) is 131 cm³/mol. The molecule has 0 aliphatic carbocycles. The quantitative estimate of drug-likeness (QED) is 0.262. The molecule has 30 heavy (non-hydrogen) atoms. The van der Waals surface area contributed by atoms with Crippen LogP contribution in [0.2, 0.25) is 0 Å². The van der Waals surface area contributed by atoms with Gasteiger partial charge in [-0.15, -0.1) is 11.3 Å². The van der Waals surface area contributed by atoms with Crippen molar-refractivity contribution >= 4 is 55.0 Å². The van der Waals surface area contributed by atoms with E-state index in [1.54, 1.807) is 34.9 Å². The maximum Gasteiger partial charge on any atom is 0.195 e. The predicted octanol–water partition coefficient (Wildman–Crippen LogP) is 8.03. The van der Waals surface area contributed by atoms with Gasteiger partial charge in [0.15, 0.2) is 5.43 Å². The molecular weight excluding hydrogens is 424 g/mol. The normalized spacial score (nSPS) is 11.2. The average molecular weight is 443 g/mol. The summed E-state index contributed by atoms with van der Waals surface area (Å²) < 4.78 is 2.07. The van der Waals surface area contributed by atoms with Crippen LogP contribution in [-0.4, -0.2) is 0 Å². The van der Waals surface area contributed by atoms with Crippen molar-refractivity contribution in [1.29, 1.82) is 0 Å². The summed E-state index contributed by atoms with van der Waals surface area (Å²) >= 11 is 5.13. The first-order valence-electron chi connectivity index (χ1n) is 9.64. The molecule has 0 bridgehead atoms. The highest BCUT2D eigenvalue weighted by molar-refractivity contribution is 7.99. The number of hydrogen-bond acceptors (Lipinski definition) is 4. The molecule has 0 N–H and O–H groups in total. The van der Waals surface area contributed by atoms with Crippen molar-refractivity contribution in [3.63, 3.8) is 0 Å². The molecule has 0 aliphatic rings. The Labute approximate surface area is 187 Å². The summed E-state index contributed by atoms with van der Waals surface area (Å²) in [7, 11) is 0. The Morgan fingerprint density at radius 1 is 0.600 bits per heavy atom. The number of rotatable bonds is 4. The summed E-state index contributed by atoms with van der Waals surface area (Å²) in [6, 6.07) is 31.2. The topological polar surface area (TPSA) is 17.1 Å². The molecule has 146 valence electrons. The fourth-order valence-corrected chi connectivity index (χ4v) is 6.03. The Hall–Kier alpha value is -2.53. The zero-order valence-electron chi connectivity index (χ0n) is 16.3. The Balaban J connectivity index is 1.39. The largest absolute Gasteiger partial charge is 0.289 e. The Morgan fingerprint density at radius 2 is 1.13 bits per heavy atom. The fraction of sp³-hybridized carbons (Fsp3) is 0.0385. The Kier molecular flexibility index (Phi) is 5.38. The lowest BCUT2D eigenvalue weighted by Gasteiger charge is -2.06. The number of hydrogen-bond donors (Lipinski definition) is 0. The van der Waals surface area contributed by atoms with Gasteiger partial charge in [-0.05, 0) is 73.7 Å². The van der Waals surface area contributed by atoms with Crippen molar-refractivity contribution in [3.05, 3.63) is 107 Å². The monoisotopic (exact) mass is 442 g/mol. The molecule has 0 unspecified atom stereocenters. The molecule has 0 aliphatic heterocycles. The van der Waals surface area contributed by atoms with Crippen LogP contribution in [0.15, 0.2) is 115 Å². The number of aryl methyl sites for hydroxylation is 1. The third-order valence-corrected chi connectivity index (χ3v) is 8.03. The number of fused-ring (bicyclic) bond motifs is 2. The second kappa shape index (κ2) is 8.31. The molecule has 4 aromatic carbocycles. The van der Waals surface area contributed by atoms with Crippen LogP contribution in [0.3, 0.4) is 0 Å². The summed E-state index contributed by atoms with van der Waals surface area (Å²) in [6.45, 7) is 2.10. The minimum absolute atomic E-state index is 0.117. The first-order chi connectivity index (χ1) is 14.7. The molecule has 0 atom stereocenters. The summed E-state index contributed by atoms with van der Waals surface area (Å²) in [4.78, 5) is 17.6. The van der Waals surface area contributed by atoms with Gasteiger partial charge in [-0.3, -0.25) is 4.79 Å². The Bertz CT molecular complexity index is 1400. The van der Waals surface area contributed by atoms with E-state index >= 15 is 0 Å². The summed E-state index contributed by atoms with van der Waals surface area (Å²) in [5.74, 6) is 0. The van der Waals surface area contributed by atoms with Crippen molar-refractivity contribution in [1.82, 2.24) is 0 Å². The van der Waals surface area contributed by atoms with Gasteiger partial charge in [-0.2, -0.15) is 0 Å². The van der Waals surface area contributed by atoms with E-state index in [1.807, 2.05) is 30.3 Å². The van der Waals surface area contributed by atoms with E-state index in [9.17, 15) is 4.79 Å². The van der Waals surface area contributed by atoms with Gasteiger partial charge >= 0.3 is 0 Å². The third-order valence-electron chi connectivity index (χ3n) is 4.86. The van der Waals surface area contributed by atoms with Gasteiger partial charge in [-0.25, -0.2) is 0 Å². The van der Waals surface area contributed by atoms with Crippen LogP contribution in [0.25, 0.3) is 20.2 Å². The molecule has 4 heteroatoms. The highest BCUT2D eigenvalue weighted by Gasteiger charge is 2.07. The molecule has 0 amide bonds. The molecule has 5 rings (SSSR count). The van der Waals surface area contributed by atoms with Gasteiger partial charge in [0.25, 0.3) is 0 Å². The lowest BCUT2D eigenvalue weighted by atomic mass is 10.2. The van der Waals surface area contributed by atoms with Crippen LogP contribution in [0.1, 0.15) is 5.56 Å². The highest BCUT2D eigenvalue weighted by Crippen LogP contribution is 2.34. The second-order valence-corrected chi connectivity index (χ2v) is 10.5. The van der Waals surface area contributed by atoms with E-state index in [0.29, 0.717) is 0 Å². The molecule has 0 saturated heterocycles. The van der Waals surface area contributed by atoms with Crippen molar-refractivity contribution in [2.24, 2.45) is 0 Å². The maximum atomic E-state index is 12.9. The van der Waals surface area contributed by atoms with E-state index in [0.717, 1.165) is 25.1 Å². The van der Waals surface area contributed by atoms with Gasteiger partial charge in [0.2, 0.25) is 0 Å². The highest BCUT2D eigenvalue weighted by atomic mass is 32.2. The van der Waals surface area contributed by atoms with Crippen LogP contribution < -0.4 is 5.43 Å². The van der Waals surface area contributed by atoms with E-state index in [4.69, 9.17) is 0 Å². The van der Waals surface area contributed by atoms with Crippen LogP contribution in [0.4, 0.5) is 0 Å². The first kappa shape index (κ1) is 19.4. The second-order valence-electron chi connectivity index (χ2n) is 7.07. The maximum absolute atomic E-state index is 12.9. The molecule has 1 nitrogen and oxygen atoms in total. The van der Waals surface area contributed by atoms with Crippen LogP contribution in [0.5, 0.6) is 0 Å². The van der Waals surface area contributed by atoms with E-state index in [-0.39, 0.29) is 5.43 Å². The average Bonchev–Trinajstić information content (AvgIpc) is 2.77. The molecule has 0 saturated carbocycles. The molecule has 1 heterocycles. The van der Waals surface area contributed by atoms with Gasteiger partial charge in [-0.1, -0.05) is 53.4 Å². The summed E-state index contributed by atoms with van der Waals surface area (Å²) in [5.41, 5.74) is 1.39. The standard InChI is InChI=1S/C26H18OS3/c1-17-6-8-18(9-7-17)28-19-10-12-20(13-11-19)29-21-14-15-25-23(16-21)26(27)22-4-2-3-5-24(22)30-25/h2-16H,1H3. The van der Waals surface area contributed by atoms with Crippen LogP contribution in [0, 0.1) is 6.92 Å². The van der Waals surface area contributed by atoms with Crippen molar-refractivity contribution in [2.75, 3.05) is 0 Å². The zero-order valence-corrected chi connectivity index (χ0v) is 18.7. The van der Waals surface area contributed by atoms with Crippen molar-refractivity contribution < 1.29 is 0 Å². The van der Waals surface area contributed by atoms with Gasteiger partial charge in [0.1, 0.15) is 0 Å². The third kappa shape index (κ3) is 4.04. The minimum atomic E-state index is 0.117. The smallest absolute Gasteiger partial charge is 0.195 e. The molecule has 5 aromatic rings. The SMILES string of the molecule is Cc1ccc(Sc2ccc(Sc3ccc4sc5ccccc5c(=O)c4c3)cc2)cc1. The number of benzene rings is 4. The van der Waals surface area contributed by atoms with Crippen LogP contribution in [-0.2, 0) is 0 Å². The molecular formula is C26H18OS3. The minimum Gasteiger partial charge on any atom is -0.289 e. The Morgan fingerprint density at radius 3 is 1.83 bits per heavy atom. The lowest BCUT2D eigenvalue weighted by Crippen LogP contribution is -2.00. The molecule has 0 fully saturated rings. The summed E-state index contributed by atoms with van der Waals surface area (Å²) in [6.07, 6.45) is 0. The van der Waals surface area contributed by atoms with Crippen molar-refractivity contribution in [3.8, 4) is 0 Å². The summed E-state index contributed by atoms with van der Waals surface area (Å²) in [5, 5.41) is 1.60. The molecule has 1 aromatic heterocycles. The zero-order chi connectivity index (χ0) is 20.5. The van der Waals surface area contributed by atoms with E-state index in [2.05, 4.69) is 67.6 Å².